The average Bonchev–Trinajstić information content (AvgIpc) is 3.00. The Hall–Kier alpha value is -1.92. The molecule has 0 bridgehead atoms. The fourth-order valence-electron chi connectivity index (χ4n) is 2.02. The summed E-state index contributed by atoms with van der Waals surface area (Å²) < 4.78 is 4.97. The predicted molar refractivity (Wildman–Crippen MR) is 94.7 cm³/mol. The average molecular weight is 333 g/mol. The third-order valence-corrected chi connectivity index (χ3v) is 3.99. The van der Waals surface area contributed by atoms with Gasteiger partial charge in [-0.15, -0.1) is 11.3 Å². The second kappa shape index (κ2) is 9.27. The van der Waals surface area contributed by atoms with Crippen LogP contribution in [0.2, 0.25) is 0 Å². The van der Waals surface area contributed by atoms with Crippen molar-refractivity contribution < 1.29 is 9.53 Å². The van der Waals surface area contributed by atoms with Crippen molar-refractivity contribution in [3.8, 4) is 0 Å². The van der Waals surface area contributed by atoms with Crippen molar-refractivity contribution in [1.82, 2.24) is 10.3 Å². The Morgan fingerprint density at radius 3 is 2.70 bits per heavy atom. The number of rotatable bonds is 9. The molecule has 0 unspecified atom stereocenters. The van der Waals surface area contributed by atoms with Crippen LogP contribution in [0.5, 0.6) is 0 Å². The van der Waals surface area contributed by atoms with E-state index in [0.717, 1.165) is 42.4 Å². The van der Waals surface area contributed by atoms with Crippen molar-refractivity contribution in [2.75, 3.05) is 25.0 Å². The highest BCUT2D eigenvalue weighted by Gasteiger charge is 2.07. The Morgan fingerprint density at radius 2 is 2.00 bits per heavy atom. The number of carbonyl (C=O) groups excluding carboxylic acids is 1. The zero-order valence-electron chi connectivity index (χ0n) is 13.6. The number of benzene rings is 1. The number of ether oxygens (including phenoxy) is 1. The Labute approximate surface area is 141 Å². The highest BCUT2D eigenvalue weighted by Crippen LogP contribution is 2.21. The lowest BCUT2D eigenvalue weighted by molar-refractivity contribution is 0.0526. The van der Waals surface area contributed by atoms with Gasteiger partial charge in [-0.25, -0.2) is 9.78 Å². The van der Waals surface area contributed by atoms with Crippen LogP contribution in [0.4, 0.5) is 10.8 Å². The van der Waals surface area contributed by atoms with E-state index in [1.807, 2.05) is 12.1 Å². The molecule has 0 saturated carbocycles. The van der Waals surface area contributed by atoms with Crippen molar-refractivity contribution >= 4 is 28.1 Å². The molecule has 124 valence electrons. The standard InChI is InChI=1S/C17H23N3O2S/c1-3-10-18-11-9-15-12-23-17(20-15)19-14-7-5-13(6-8-14)16(21)22-4-2/h5-8,12,18H,3-4,9-11H2,1-2H3,(H,19,20). The summed E-state index contributed by atoms with van der Waals surface area (Å²) in [4.78, 5) is 16.2. The molecule has 5 nitrogen and oxygen atoms in total. The normalized spacial score (nSPS) is 10.5. The molecule has 2 N–H and O–H groups in total. The van der Waals surface area contributed by atoms with Gasteiger partial charge < -0.3 is 15.4 Å². The van der Waals surface area contributed by atoms with Crippen LogP contribution in [0.1, 0.15) is 36.3 Å². The van der Waals surface area contributed by atoms with Gasteiger partial charge in [0.2, 0.25) is 0 Å². The second-order valence-corrected chi connectivity index (χ2v) is 5.92. The van der Waals surface area contributed by atoms with E-state index in [-0.39, 0.29) is 5.97 Å². The minimum Gasteiger partial charge on any atom is -0.462 e. The molecule has 0 aliphatic carbocycles. The molecule has 23 heavy (non-hydrogen) atoms. The molecule has 0 atom stereocenters. The largest absolute Gasteiger partial charge is 0.462 e. The minimum atomic E-state index is -0.296. The first-order valence-corrected chi connectivity index (χ1v) is 8.80. The minimum absolute atomic E-state index is 0.296. The highest BCUT2D eigenvalue weighted by molar-refractivity contribution is 7.13. The van der Waals surface area contributed by atoms with E-state index in [1.165, 1.54) is 0 Å². The maximum absolute atomic E-state index is 11.6. The summed E-state index contributed by atoms with van der Waals surface area (Å²) in [7, 11) is 0. The molecule has 0 radical (unpaired) electrons. The third kappa shape index (κ3) is 5.65. The van der Waals surface area contributed by atoms with E-state index >= 15 is 0 Å². The van der Waals surface area contributed by atoms with E-state index in [2.05, 4.69) is 27.9 Å². The summed E-state index contributed by atoms with van der Waals surface area (Å²) in [6.07, 6.45) is 2.08. The van der Waals surface area contributed by atoms with Gasteiger partial charge in [0.05, 0.1) is 17.9 Å². The molecule has 0 saturated heterocycles. The number of hydrogen-bond acceptors (Lipinski definition) is 6. The fourth-order valence-corrected chi connectivity index (χ4v) is 2.79. The number of aromatic nitrogens is 1. The van der Waals surface area contributed by atoms with Crippen LogP contribution in [0.15, 0.2) is 29.6 Å². The van der Waals surface area contributed by atoms with Gasteiger partial charge in [-0.1, -0.05) is 6.92 Å². The van der Waals surface area contributed by atoms with Gasteiger partial charge in [0, 0.05) is 24.0 Å². The van der Waals surface area contributed by atoms with Crippen molar-refractivity contribution in [2.24, 2.45) is 0 Å². The molecule has 2 rings (SSSR count). The molecular weight excluding hydrogens is 310 g/mol. The molecule has 0 spiro atoms. The van der Waals surface area contributed by atoms with E-state index in [1.54, 1.807) is 30.4 Å². The van der Waals surface area contributed by atoms with Crippen LogP contribution >= 0.6 is 11.3 Å². The summed E-state index contributed by atoms with van der Waals surface area (Å²) in [5, 5.41) is 9.56. The zero-order valence-corrected chi connectivity index (χ0v) is 14.4. The molecule has 1 heterocycles. The quantitative estimate of drug-likeness (QED) is 0.542. The molecule has 0 amide bonds. The van der Waals surface area contributed by atoms with Gasteiger partial charge in [0.1, 0.15) is 0 Å². The lowest BCUT2D eigenvalue weighted by Gasteiger charge is -2.05. The number of anilines is 2. The molecule has 1 aromatic heterocycles. The van der Waals surface area contributed by atoms with Gasteiger partial charge in [0.15, 0.2) is 5.13 Å². The lowest BCUT2D eigenvalue weighted by Crippen LogP contribution is -2.17. The predicted octanol–water partition coefficient (Wildman–Crippen LogP) is 3.61. The number of hydrogen-bond donors (Lipinski definition) is 2. The molecule has 2 aromatic rings. The number of carbonyl (C=O) groups is 1. The monoisotopic (exact) mass is 333 g/mol. The highest BCUT2D eigenvalue weighted by atomic mass is 32.1. The van der Waals surface area contributed by atoms with Gasteiger partial charge in [-0.2, -0.15) is 0 Å². The zero-order chi connectivity index (χ0) is 16.5. The van der Waals surface area contributed by atoms with Crippen LogP contribution in [0, 0.1) is 0 Å². The van der Waals surface area contributed by atoms with Gasteiger partial charge in [-0.05, 0) is 44.2 Å². The summed E-state index contributed by atoms with van der Waals surface area (Å²) in [5.74, 6) is -0.296. The number of nitrogens with one attached hydrogen (secondary N) is 2. The first kappa shape index (κ1) is 17.4. The molecule has 0 fully saturated rings. The Morgan fingerprint density at radius 1 is 1.22 bits per heavy atom. The molecule has 1 aromatic carbocycles. The van der Waals surface area contributed by atoms with Gasteiger partial charge in [-0.3, -0.25) is 0 Å². The summed E-state index contributed by atoms with van der Waals surface area (Å²) >= 11 is 1.59. The molecule has 0 aliphatic rings. The van der Waals surface area contributed by atoms with Crippen LogP contribution in [0.3, 0.4) is 0 Å². The number of thiazole rings is 1. The first-order valence-electron chi connectivity index (χ1n) is 7.92. The topological polar surface area (TPSA) is 63.2 Å². The summed E-state index contributed by atoms with van der Waals surface area (Å²) in [5.41, 5.74) is 2.55. The second-order valence-electron chi connectivity index (χ2n) is 5.07. The SMILES string of the molecule is CCCNCCc1csc(Nc2ccc(C(=O)OCC)cc2)n1. The maximum atomic E-state index is 11.6. The van der Waals surface area contributed by atoms with E-state index < -0.39 is 0 Å². The van der Waals surface area contributed by atoms with Crippen LogP contribution in [-0.2, 0) is 11.2 Å². The molecule has 6 heteroatoms. The van der Waals surface area contributed by atoms with Crippen LogP contribution in [0.25, 0.3) is 0 Å². The Balaban J connectivity index is 1.87. The third-order valence-electron chi connectivity index (χ3n) is 3.18. The molecule has 0 aliphatic heterocycles. The summed E-state index contributed by atoms with van der Waals surface area (Å²) in [6.45, 7) is 6.33. The van der Waals surface area contributed by atoms with Crippen LogP contribution < -0.4 is 10.6 Å². The fraction of sp³-hybridized carbons (Fsp3) is 0.412. The van der Waals surface area contributed by atoms with E-state index in [4.69, 9.17) is 4.74 Å². The maximum Gasteiger partial charge on any atom is 0.338 e. The number of nitrogens with zero attached hydrogens (tertiary/aromatic N) is 1. The first-order chi connectivity index (χ1) is 11.2. The lowest BCUT2D eigenvalue weighted by atomic mass is 10.2. The van der Waals surface area contributed by atoms with E-state index in [9.17, 15) is 4.79 Å². The van der Waals surface area contributed by atoms with Crippen molar-refractivity contribution in [3.05, 3.63) is 40.9 Å². The van der Waals surface area contributed by atoms with Crippen molar-refractivity contribution in [2.45, 2.75) is 26.7 Å². The van der Waals surface area contributed by atoms with Crippen molar-refractivity contribution in [3.63, 3.8) is 0 Å². The van der Waals surface area contributed by atoms with Crippen molar-refractivity contribution in [1.29, 1.82) is 0 Å². The van der Waals surface area contributed by atoms with Gasteiger partial charge in [0.25, 0.3) is 0 Å². The number of esters is 1. The van der Waals surface area contributed by atoms with Crippen LogP contribution in [-0.4, -0.2) is 30.6 Å². The summed E-state index contributed by atoms with van der Waals surface area (Å²) in [6, 6.07) is 7.22. The van der Waals surface area contributed by atoms with Gasteiger partial charge >= 0.3 is 5.97 Å². The Kier molecular flexibility index (Phi) is 7.03. The molecular formula is C17H23N3O2S. The smallest absolute Gasteiger partial charge is 0.338 e. The van der Waals surface area contributed by atoms with E-state index in [0.29, 0.717) is 12.2 Å². The Bertz CT molecular complexity index is 611.